The van der Waals surface area contributed by atoms with Crippen LogP contribution in [0.5, 0.6) is 0 Å². The molecule has 170 valence electrons. The van der Waals surface area contributed by atoms with Crippen molar-refractivity contribution in [2.75, 3.05) is 11.1 Å². The van der Waals surface area contributed by atoms with Crippen molar-refractivity contribution in [2.24, 2.45) is 0 Å². The number of aromatic amines is 1. The quantitative estimate of drug-likeness (QED) is 0.222. The van der Waals surface area contributed by atoms with Crippen LogP contribution in [0.15, 0.2) is 37.2 Å². The van der Waals surface area contributed by atoms with E-state index in [1.165, 1.54) is 23.3 Å². The second-order valence-corrected chi connectivity index (χ2v) is 6.04. The Labute approximate surface area is 212 Å². The molecule has 0 aliphatic heterocycles. The molecule has 0 saturated heterocycles. The average Bonchev–Trinajstić information content (AvgIpc) is 3.44. The van der Waals surface area contributed by atoms with E-state index < -0.39 is 9.85 Å². The Balaban J connectivity index is -0.000000167. The van der Waals surface area contributed by atoms with Crippen molar-refractivity contribution in [3.05, 3.63) is 57.4 Å². The van der Waals surface area contributed by atoms with E-state index in [1.54, 1.807) is 17.1 Å². The summed E-state index contributed by atoms with van der Waals surface area (Å²) in [6.07, 6.45) is 8.47. The number of H-pyrrole nitrogens is 1. The van der Waals surface area contributed by atoms with Crippen molar-refractivity contribution in [2.45, 2.75) is 41.3 Å². The standard InChI is InChI=1S/C5H7N3O2.C5H9N3.C3H3N3O2.C2H5Br.CH4.Na.H/c1-2-7-4-5(3-6-7)8(9)10;1-2-8-4-5(6)3-7-8;7-6(8)3-1-4-5-2-3;1-2-3;;;/h3-4H,2H2,1H3;3-4H,2,6H2,1H3;1-2H,(H,4,5);2H2,1H3;1H4;;/q;;;;;+1;-1. The number of hydrogen-bond donors (Lipinski definition) is 2. The fourth-order valence-corrected chi connectivity index (χ4v) is 1.52. The Morgan fingerprint density at radius 2 is 1.52 bits per heavy atom. The van der Waals surface area contributed by atoms with Crippen LogP contribution in [0, 0.1) is 20.2 Å². The predicted molar refractivity (Wildman–Crippen MR) is 119 cm³/mol. The number of hydrogen-bond acceptors (Lipinski definition) is 8. The molecule has 0 fully saturated rings. The summed E-state index contributed by atoms with van der Waals surface area (Å²) in [4.78, 5) is 18.9. The van der Waals surface area contributed by atoms with E-state index in [0.29, 0.717) is 6.54 Å². The van der Waals surface area contributed by atoms with Crippen LogP contribution < -0.4 is 35.3 Å². The van der Waals surface area contributed by atoms with Crippen LogP contribution in [-0.4, -0.2) is 44.9 Å². The zero-order valence-corrected chi connectivity index (χ0v) is 20.9. The molecule has 0 aliphatic rings. The van der Waals surface area contributed by atoms with Crippen molar-refractivity contribution in [1.82, 2.24) is 29.8 Å². The number of anilines is 1. The van der Waals surface area contributed by atoms with Gasteiger partial charge in [-0.05, 0) is 13.8 Å². The third-order valence-electron chi connectivity index (χ3n) is 2.83. The van der Waals surface area contributed by atoms with Crippen LogP contribution in [0.3, 0.4) is 0 Å². The topological polar surface area (TPSA) is 177 Å². The van der Waals surface area contributed by atoms with Crippen LogP contribution >= 0.6 is 15.9 Å². The molecule has 13 nitrogen and oxygen atoms in total. The van der Waals surface area contributed by atoms with Crippen LogP contribution in [-0.2, 0) is 13.1 Å². The van der Waals surface area contributed by atoms with E-state index in [0.717, 1.165) is 23.8 Å². The molecule has 0 radical (unpaired) electrons. The molecule has 31 heavy (non-hydrogen) atoms. The van der Waals surface area contributed by atoms with Crippen LogP contribution in [0.1, 0.15) is 29.6 Å². The number of nitrogens with two attached hydrogens (primary N) is 1. The molecule has 15 heteroatoms. The Hall–Kier alpha value is -2.29. The normalized spacial score (nSPS) is 8.52. The predicted octanol–water partition coefficient (Wildman–Crippen LogP) is 0.768. The minimum absolute atomic E-state index is 0. The zero-order chi connectivity index (χ0) is 22.2. The summed E-state index contributed by atoms with van der Waals surface area (Å²) in [5, 5.41) is 34.3. The van der Waals surface area contributed by atoms with Gasteiger partial charge in [0.1, 0.15) is 18.6 Å². The van der Waals surface area contributed by atoms with Crippen LogP contribution in [0.25, 0.3) is 0 Å². The molecule has 0 aromatic carbocycles. The Kier molecular flexibility index (Phi) is 21.2. The Morgan fingerprint density at radius 1 is 1.03 bits per heavy atom. The van der Waals surface area contributed by atoms with Gasteiger partial charge in [0.15, 0.2) is 0 Å². The molecule has 0 amide bonds. The van der Waals surface area contributed by atoms with Gasteiger partial charge in [-0.25, -0.2) is 0 Å². The fourth-order valence-electron chi connectivity index (χ4n) is 1.52. The van der Waals surface area contributed by atoms with Gasteiger partial charge in [-0.3, -0.25) is 34.7 Å². The fraction of sp³-hybridized carbons (Fsp3) is 0.438. The summed E-state index contributed by atoms with van der Waals surface area (Å²) in [5.74, 6) is 0. The van der Waals surface area contributed by atoms with E-state index in [2.05, 4.69) is 36.3 Å². The molecule has 3 N–H and O–H groups in total. The minimum atomic E-state index is -0.510. The van der Waals surface area contributed by atoms with Gasteiger partial charge in [0.25, 0.3) is 0 Å². The van der Waals surface area contributed by atoms with Gasteiger partial charge < -0.3 is 7.16 Å². The number of rotatable bonds is 4. The number of nitrogens with zero attached hydrogens (tertiary/aromatic N) is 7. The van der Waals surface area contributed by atoms with Gasteiger partial charge in [-0.1, -0.05) is 30.3 Å². The molecule has 0 aliphatic carbocycles. The number of nitrogens with one attached hydrogen (secondary N) is 1. The Morgan fingerprint density at radius 3 is 1.74 bits per heavy atom. The van der Waals surface area contributed by atoms with E-state index in [4.69, 9.17) is 5.73 Å². The smallest absolute Gasteiger partial charge is 1.00 e. The summed E-state index contributed by atoms with van der Waals surface area (Å²) in [7, 11) is 0. The van der Waals surface area contributed by atoms with Gasteiger partial charge in [0, 0.05) is 24.6 Å². The van der Waals surface area contributed by atoms with Gasteiger partial charge in [-0.15, -0.1) is 0 Å². The number of alkyl halides is 1. The molecular formula is C16H29BrN9NaO4. The van der Waals surface area contributed by atoms with Crippen LogP contribution in [0.4, 0.5) is 17.1 Å². The second kappa shape index (κ2) is 19.7. The summed E-state index contributed by atoms with van der Waals surface area (Å²) < 4.78 is 3.30. The molecule has 0 bridgehead atoms. The first-order chi connectivity index (χ1) is 13.8. The first-order valence-corrected chi connectivity index (χ1v) is 9.54. The molecule has 0 saturated carbocycles. The van der Waals surface area contributed by atoms with E-state index in [1.807, 2.05) is 20.8 Å². The summed E-state index contributed by atoms with van der Waals surface area (Å²) in [6, 6.07) is 0. The molecule has 3 aromatic rings. The monoisotopic (exact) mass is 513 g/mol. The molecule has 0 spiro atoms. The summed E-state index contributed by atoms with van der Waals surface area (Å²) >= 11 is 3.15. The van der Waals surface area contributed by atoms with Crippen molar-refractivity contribution >= 4 is 33.0 Å². The first kappa shape index (κ1) is 33.4. The van der Waals surface area contributed by atoms with Crippen molar-refractivity contribution in [1.29, 1.82) is 0 Å². The van der Waals surface area contributed by atoms with Gasteiger partial charge in [-0.2, -0.15) is 15.3 Å². The summed E-state index contributed by atoms with van der Waals surface area (Å²) in [5.41, 5.74) is 6.13. The number of nitro groups is 2. The third kappa shape index (κ3) is 15.2. The number of aromatic nitrogens is 6. The molecule has 3 heterocycles. The maximum atomic E-state index is 10.1. The van der Waals surface area contributed by atoms with E-state index >= 15 is 0 Å². The average molecular weight is 514 g/mol. The van der Waals surface area contributed by atoms with E-state index in [9.17, 15) is 20.2 Å². The molecule has 3 aromatic heterocycles. The van der Waals surface area contributed by atoms with Gasteiger partial charge >= 0.3 is 40.9 Å². The van der Waals surface area contributed by atoms with Crippen LogP contribution in [0.2, 0.25) is 0 Å². The molecular weight excluding hydrogens is 485 g/mol. The minimum Gasteiger partial charge on any atom is -1.00 e. The number of nitrogen functional groups attached to an aromatic ring is 1. The largest absolute Gasteiger partial charge is 1.00 e. The zero-order valence-electron chi connectivity index (χ0n) is 18.3. The van der Waals surface area contributed by atoms with E-state index in [-0.39, 0.29) is 49.8 Å². The summed E-state index contributed by atoms with van der Waals surface area (Å²) in [6.45, 7) is 7.48. The SMILES string of the molecule is C.CCBr.CCn1cc(N)cn1.CCn1cc([N+](=O)[O-])cn1.O=[N+]([O-])c1cn[nH]c1.[H-].[Na+]. The molecule has 3 rings (SSSR count). The van der Waals surface area contributed by atoms with Crippen molar-refractivity contribution < 1.29 is 40.8 Å². The van der Waals surface area contributed by atoms with Crippen molar-refractivity contribution in [3.8, 4) is 0 Å². The maximum absolute atomic E-state index is 10.1. The Bertz CT molecular complexity index is 846. The van der Waals surface area contributed by atoms with Crippen molar-refractivity contribution in [3.63, 3.8) is 0 Å². The molecule has 0 atom stereocenters. The maximum Gasteiger partial charge on any atom is 1.00 e. The van der Waals surface area contributed by atoms with Gasteiger partial charge in [0.05, 0.1) is 27.9 Å². The first-order valence-electron chi connectivity index (χ1n) is 8.42. The number of aryl methyl sites for hydroxylation is 2. The third-order valence-corrected chi connectivity index (χ3v) is 2.83. The number of halogens is 1. The molecule has 0 unspecified atom stereocenters. The second-order valence-electron chi connectivity index (χ2n) is 4.92. The van der Waals surface area contributed by atoms with Gasteiger partial charge in [0.2, 0.25) is 0 Å².